The Balaban J connectivity index is 3.32. The number of aromatic nitrogens is 1. The molecule has 1 heterocycles. The molecule has 0 aliphatic heterocycles. The Morgan fingerprint density at radius 1 is 1.64 bits per heavy atom. The third-order valence-electron chi connectivity index (χ3n) is 1.46. The van der Waals surface area contributed by atoms with Crippen molar-refractivity contribution in [2.45, 2.75) is 6.43 Å². The number of nitrogens with two attached hydrogens (primary N) is 1. The maximum atomic E-state index is 12.4. The third kappa shape index (κ3) is 2.30. The zero-order chi connectivity index (χ0) is 10.9. The van der Waals surface area contributed by atoms with Crippen molar-refractivity contribution in [2.24, 2.45) is 0 Å². The lowest BCUT2D eigenvalue weighted by molar-refractivity contribution is 0.107. The second-order valence-corrected chi connectivity index (χ2v) is 3.74. The number of nitrogens with zero attached hydrogens (tertiary/aromatic N) is 1. The number of rotatable bonds is 2. The highest BCUT2D eigenvalue weighted by Crippen LogP contribution is 2.29. The van der Waals surface area contributed by atoms with E-state index in [-0.39, 0.29) is 20.6 Å². The first-order valence-corrected chi connectivity index (χ1v) is 4.83. The average Bonchev–Trinajstić information content (AvgIpc) is 2.01. The Hall–Kier alpha value is -0.500. The second kappa shape index (κ2) is 4.35. The molecule has 1 aromatic rings. The van der Waals surface area contributed by atoms with Crippen molar-refractivity contribution in [1.29, 1.82) is 0 Å². The van der Waals surface area contributed by atoms with Crippen LogP contribution in [-0.4, -0.2) is 10.2 Å². The normalized spacial score (nSPS) is 10.6. The van der Waals surface area contributed by atoms with Crippen molar-refractivity contribution in [3.63, 3.8) is 0 Å². The zero-order valence-corrected chi connectivity index (χ0v) is 9.51. The molecule has 1 rings (SSSR count). The average molecular weight is 332 g/mol. The topological polar surface area (TPSA) is 56.0 Å². The largest absolute Gasteiger partial charge is 0.398 e. The predicted octanol–water partition coefficient (Wildman–Crippen LogP) is 2.58. The van der Waals surface area contributed by atoms with Crippen LogP contribution in [0.5, 0.6) is 0 Å². The molecule has 0 saturated heterocycles. The van der Waals surface area contributed by atoms with Crippen molar-refractivity contribution in [3.05, 3.63) is 21.0 Å². The van der Waals surface area contributed by atoms with E-state index in [0.717, 1.165) is 6.07 Å². The minimum Gasteiger partial charge on any atom is -0.398 e. The molecule has 0 fully saturated rings. The summed E-state index contributed by atoms with van der Waals surface area (Å²) < 4.78 is 24.7. The molecule has 14 heavy (non-hydrogen) atoms. The van der Waals surface area contributed by atoms with Crippen LogP contribution in [-0.2, 0) is 0 Å². The highest BCUT2D eigenvalue weighted by Gasteiger charge is 2.19. The maximum Gasteiger partial charge on any atom is 0.270 e. The van der Waals surface area contributed by atoms with Gasteiger partial charge in [-0.1, -0.05) is 0 Å². The molecular weight excluding hydrogens is 328 g/mol. The molecule has 2 N–H and O–H groups in total. The summed E-state index contributed by atoms with van der Waals surface area (Å²) in [6.07, 6.45) is -2.71. The molecule has 0 bridgehead atoms. The van der Waals surface area contributed by atoms with Crippen LogP contribution < -0.4 is 5.73 Å². The Kier molecular flexibility index (Phi) is 3.59. The fourth-order valence-electron chi connectivity index (χ4n) is 0.859. The Morgan fingerprint density at radius 3 is 2.57 bits per heavy atom. The van der Waals surface area contributed by atoms with Gasteiger partial charge in [0, 0.05) is 5.69 Å². The molecule has 7 heteroatoms. The van der Waals surface area contributed by atoms with E-state index in [9.17, 15) is 13.6 Å². The first kappa shape index (κ1) is 11.6. The van der Waals surface area contributed by atoms with Crippen LogP contribution in [0.25, 0.3) is 0 Å². The van der Waals surface area contributed by atoms with Crippen LogP contribution in [0, 0.1) is 3.70 Å². The third-order valence-corrected chi connectivity index (χ3v) is 2.48. The highest BCUT2D eigenvalue weighted by atomic mass is 127. The fraction of sp³-hybridized carbons (Fsp3) is 0.143. The van der Waals surface area contributed by atoms with E-state index in [1.807, 2.05) is 0 Å². The van der Waals surface area contributed by atoms with Crippen molar-refractivity contribution in [2.75, 3.05) is 5.73 Å². The quantitative estimate of drug-likeness (QED) is 0.514. The standard InChI is InChI=1S/C7H4ClF2IN2O/c8-5(14)3-1-2(12)4(6(9)10)7(11)13-3/h1,6H,(H2,12,13). The number of carbonyl (C=O) groups is 1. The molecule has 0 atom stereocenters. The monoisotopic (exact) mass is 332 g/mol. The van der Waals surface area contributed by atoms with Gasteiger partial charge >= 0.3 is 0 Å². The molecule has 0 aromatic carbocycles. The van der Waals surface area contributed by atoms with Gasteiger partial charge in [0.1, 0.15) is 9.39 Å². The summed E-state index contributed by atoms with van der Waals surface area (Å²) in [4.78, 5) is 14.3. The lowest BCUT2D eigenvalue weighted by Crippen LogP contribution is -2.05. The summed E-state index contributed by atoms with van der Waals surface area (Å²) in [5.41, 5.74) is 4.65. The molecular formula is C7H4ClF2IN2O. The summed E-state index contributed by atoms with van der Waals surface area (Å²) in [5.74, 6) is 0. The van der Waals surface area contributed by atoms with Crippen LogP contribution >= 0.6 is 34.2 Å². The molecule has 0 amide bonds. The van der Waals surface area contributed by atoms with Gasteiger partial charge in [-0.15, -0.1) is 0 Å². The summed E-state index contributed by atoms with van der Waals surface area (Å²) in [5, 5.41) is -0.824. The molecule has 0 radical (unpaired) electrons. The van der Waals surface area contributed by atoms with E-state index in [1.54, 1.807) is 22.6 Å². The van der Waals surface area contributed by atoms with E-state index < -0.39 is 11.7 Å². The number of halogens is 4. The maximum absolute atomic E-state index is 12.4. The molecule has 0 saturated carbocycles. The van der Waals surface area contributed by atoms with Crippen LogP contribution in [0.4, 0.5) is 14.5 Å². The zero-order valence-electron chi connectivity index (χ0n) is 6.60. The van der Waals surface area contributed by atoms with Gasteiger partial charge in [-0.25, -0.2) is 13.8 Å². The van der Waals surface area contributed by atoms with Crippen LogP contribution in [0.2, 0.25) is 0 Å². The van der Waals surface area contributed by atoms with Crippen molar-refractivity contribution < 1.29 is 13.6 Å². The number of alkyl halides is 2. The predicted molar refractivity (Wildman–Crippen MR) is 56.5 cm³/mol. The summed E-state index contributed by atoms with van der Waals surface area (Å²) in [6, 6.07) is 1.04. The van der Waals surface area contributed by atoms with Gasteiger partial charge in [0.2, 0.25) is 0 Å². The smallest absolute Gasteiger partial charge is 0.270 e. The number of carbonyl (C=O) groups excluding carboxylic acids is 1. The van der Waals surface area contributed by atoms with Crippen LogP contribution in [0.1, 0.15) is 22.5 Å². The summed E-state index contributed by atoms with van der Waals surface area (Å²) in [6.45, 7) is 0. The van der Waals surface area contributed by atoms with E-state index >= 15 is 0 Å². The van der Waals surface area contributed by atoms with E-state index in [2.05, 4.69) is 4.98 Å². The van der Waals surface area contributed by atoms with Crippen LogP contribution in [0.15, 0.2) is 6.07 Å². The van der Waals surface area contributed by atoms with Crippen molar-refractivity contribution >= 4 is 45.1 Å². The Labute approximate surface area is 96.8 Å². The second-order valence-electron chi connectivity index (χ2n) is 2.38. The molecule has 3 nitrogen and oxygen atoms in total. The number of nitrogen functional groups attached to an aromatic ring is 1. The fourth-order valence-corrected chi connectivity index (χ4v) is 1.76. The van der Waals surface area contributed by atoms with Gasteiger partial charge in [0.15, 0.2) is 0 Å². The van der Waals surface area contributed by atoms with Gasteiger partial charge in [0.25, 0.3) is 11.7 Å². The number of anilines is 1. The molecule has 0 spiro atoms. The summed E-state index contributed by atoms with van der Waals surface area (Å²) >= 11 is 6.71. The SMILES string of the molecule is Nc1cc(C(=O)Cl)nc(I)c1C(F)F. The van der Waals surface area contributed by atoms with E-state index in [0.29, 0.717) is 0 Å². The molecule has 76 valence electrons. The minimum atomic E-state index is -2.71. The van der Waals surface area contributed by atoms with Gasteiger partial charge in [-0.05, 0) is 40.3 Å². The van der Waals surface area contributed by atoms with E-state index in [4.69, 9.17) is 17.3 Å². The first-order valence-electron chi connectivity index (χ1n) is 3.37. The Morgan fingerprint density at radius 2 is 2.21 bits per heavy atom. The summed E-state index contributed by atoms with van der Waals surface area (Å²) in [7, 11) is 0. The van der Waals surface area contributed by atoms with Crippen molar-refractivity contribution in [1.82, 2.24) is 4.98 Å². The highest BCUT2D eigenvalue weighted by molar-refractivity contribution is 14.1. The number of hydrogen-bond donors (Lipinski definition) is 1. The van der Waals surface area contributed by atoms with Crippen molar-refractivity contribution in [3.8, 4) is 0 Å². The van der Waals surface area contributed by atoms with Gasteiger partial charge in [0.05, 0.1) is 5.56 Å². The number of hydrogen-bond acceptors (Lipinski definition) is 3. The van der Waals surface area contributed by atoms with E-state index in [1.165, 1.54) is 0 Å². The van der Waals surface area contributed by atoms with Gasteiger partial charge < -0.3 is 5.73 Å². The lowest BCUT2D eigenvalue weighted by atomic mass is 10.2. The first-order chi connectivity index (χ1) is 6.43. The molecule has 0 unspecified atom stereocenters. The van der Waals surface area contributed by atoms with Gasteiger partial charge in [-0.2, -0.15) is 0 Å². The van der Waals surface area contributed by atoms with Crippen LogP contribution in [0.3, 0.4) is 0 Å². The number of pyridine rings is 1. The minimum absolute atomic E-state index is 0.0124. The lowest BCUT2D eigenvalue weighted by Gasteiger charge is -2.07. The van der Waals surface area contributed by atoms with Gasteiger partial charge in [-0.3, -0.25) is 4.79 Å². The molecule has 0 aliphatic rings. The Bertz CT molecular complexity index is 363. The molecule has 0 aliphatic carbocycles. The molecule has 1 aromatic heterocycles.